The molecular weight excluding hydrogens is 404 g/mol. The number of aromatic nitrogens is 4. The second-order valence-corrected chi connectivity index (χ2v) is 9.10. The van der Waals surface area contributed by atoms with E-state index in [2.05, 4.69) is 69.5 Å². The van der Waals surface area contributed by atoms with Crippen LogP contribution in [0.2, 0.25) is 0 Å². The number of ether oxygens (including phenoxy) is 1. The first kappa shape index (κ1) is 22.3. The topological polar surface area (TPSA) is 68.4 Å². The van der Waals surface area contributed by atoms with E-state index in [9.17, 15) is 4.79 Å². The van der Waals surface area contributed by atoms with E-state index in [0.29, 0.717) is 19.1 Å². The van der Waals surface area contributed by atoms with Crippen molar-refractivity contribution in [3.63, 3.8) is 0 Å². The van der Waals surface area contributed by atoms with Gasteiger partial charge < -0.3 is 19.1 Å². The Bertz CT molecular complexity index is 1090. The third kappa shape index (κ3) is 4.24. The van der Waals surface area contributed by atoms with Crippen LogP contribution in [0.3, 0.4) is 0 Å². The van der Waals surface area contributed by atoms with Crippen LogP contribution < -0.4 is 4.90 Å². The standard InChI is InChI=1S/C24H34N6O2/c1-17(2)16-32-14-8-11-30-22(20-15-28(5)21-10-7-6-9-19(20)21)25-26-24(30)29-13-12-27(4)23(31)18(29)3/h6-7,9-10,15,17-18H,8,11-14,16H2,1-5H3. The molecule has 1 unspecified atom stereocenters. The number of piperazine rings is 1. The van der Waals surface area contributed by atoms with E-state index in [-0.39, 0.29) is 11.9 Å². The minimum atomic E-state index is -0.269. The van der Waals surface area contributed by atoms with E-state index < -0.39 is 0 Å². The average molecular weight is 439 g/mol. The molecule has 8 nitrogen and oxygen atoms in total. The van der Waals surface area contributed by atoms with Crippen molar-refractivity contribution in [2.75, 3.05) is 38.3 Å². The van der Waals surface area contributed by atoms with Crippen LogP contribution in [0, 0.1) is 5.92 Å². The Morgan fingerprint density at radius 1 is 1.16 bits per heavy atom. The van der Waals surface area contributed by atoms with Gasteiger partial charge in [-0.1, -0.05) is 32.0 Å². The summed E-state index contributed by atoms with van der Waals surface area (Å²) in [5.41, 5.74) is 2.21. The number of amides is 1. The van der Waals surface area contributed by atoms with E-state index in [1.807, 2.05) is 20.0 Å². The summed E-state index contributed by atoms with van der Waals surface area (Å²) >= 11 is 0. The van der Waals surface area contributed by atoms with Gasteiger partial charge in [-0.15, -0.1) is 10.2 Å². The van der Waals surface area contributed by atoms with Crippen LogP contribution in [0.15, 0.2) is 30.5 Å². The molecule has 2 aromatic heterocycles. The Labute approximate surface area is 189 Å². The first-order chi connectivity index (χ1) is 15.4. The minimum Gasteiger partial charge on any atom is -0.381 e. The summed E-state index contributed by atoms with van der Waals surface area (Å²) < 4.78 is 10.1. The van der Waals surface area contributed by atoms with Crippen molar-refractivity contribution in [3.8, 4) is 11.4 Å². The molecule has 1 amide bonds. The van der Waals surface area contributed by atoms with E-state index in [1.54, 1.807) is 4.90 Å². The van der Waals surface area contributed by atoms with Crippen LogP contribution in [0.4, 0.5) is 5.95 Å². The highest BCUT2D eigenvalue weighted by molar-refractivity contribution is 5.94. The molecule has 172 valence electrons. The number of hydrogen-bond donors (Lipinski definition) is 0. The largest absolute Gasteiger partial charge is 0.381 e. The highest BCUT2D eigenvalue weighted by Gasteiger charge is 2.33. The van der Waals surface area contributed by atoms with Crippen LogP contribution >= 0.6 is 0 Å². The van der Waals surface area contributed by atoms with Crippen molar-refractivity contribution in [2.45, 2.75) is 39.8 Å². The number of aryl methyl sites for hydroxylation is 1. The smallest absolute Gasteiger partial charge is 0.244 e. The first-order valence-electron chi connectivity index (χ1n) is 11.5. The lowest BCUT2D eigenvalue weighted by Crippen LogP contribution is -2.55. The molecule has 32 heavy (non-hydrogen) atoms. The molecule has 0 spiro atoms. The lowest BCUT2D eigenvalue weighted by molar-refractivity contribution is -0.132. The summed E-state index contributed by atoms with van der Waals surface area (Å²) in [7, 11) is 3.91. The maximum absolute atomic E-state index is 12.6. The molecule has 0 N–H and O–H groups in total. The van der Waals surface area contributed by atoms with Crippen LogP contribution in [0.1, 0.15) is 27.2 Å². The zero-order valence-corrected chi connectivity index (χ0v) is 19.8. The van der Waals surface area contributed by atoms with Gasteiger partial charge in [0.1, 0.15) is 6.04 Å². The number of hydrogen-bond acceptors (Lipinski definition) is 5. The van der Waals surface area contributed by atoms with Crippen LogP contribution in [-0.2, 0) is 23.1 Å². The summed E-state index contributed by atoms with van der Waals surface area (Å²) in [6.07, 6.45) is 2.97. The zero-order valence-electron chi connectivity index (χ0n) is 19.8. The summed E-state index contributed by atoms with van der Waals surface area (Å²) in [6, 6.07) is 8.06. The van der Waals surface area contributed by atoms with Crippen molar-refractivity contribution >= 4 is 22.8 Å². The lowest BCUT2D eigenvalue weighted by Gasteiger charge is -2.37. The molecule has 0 saturated carbocycles. The minimum absolute atomic E-state index is 0.109. The molecule has 0 radical (unpaired) electrons. The molecule has 3 aromatic rings. The number of likely N-dealkylation sites (N-methyl/N-ethyl adjacent to an activating group) is 1. The summed E-state index contributed by atoms with van der Waals surface area (Å²) in [6.45, 7) is 9.84. The van der Waals surface area contributed by atoms with Crippen LogP contribution in [-0.4, -0.2) is 69.5 Å². The second kappa shape index (κ2) is 9.32. The van der Waals surface area contributed by atoms with Crippen molar-refractivity contribution in [1.82, 2.24) is 24.2 Å². The maximum Gasteiger partial charge on any atom is 0.244 e. The van der Waals surface area contributed by atoms with Crippen molar-refractivity contribution in [1.29, 1.82) is 0 Å². The molecule has 1 saturated heterocycles. The Kier molecular flexibility index (Phi) is 6.50. The SMILES string of the molecule is CC(C)COCCCn1c(-c2cn(C)c3ccccc23)nnc1N1CCN(C)C(=O)C1C. The molecule has 1 aliphatic rings. The molecule has 8 heteroatoms. The summed E-state index contributed by atoms with van der Waals surface area (Å²) in [5.74, 6) is 2.21. The molecule has 0 aliphatic carbocycles. The average Bonchev–Trinajstić information content (AvgIpc) is 3.33. The lowest BCUT2D eigenvalue weighted by atomic mass is 10.1. The number of carbonyl (C=O) groups excluding carboxylic acids is 1. The molecule has 1 aromatic carbocycles. The number of carbonyl (C=O) groups is 1. The van der Waals surface area contributed by atoms with E-state index in [0.717, 1.165) is 54.4 Å². The summed E-state index contributed by atoms with van der Waals surface area (Å²) in [4.78, 5) is 16.5. The Morgan fingerprint density at radius 2 is 1.94 bits per heavy atom. The predicted molar refractivity (Wildman–Crippen MR) is 127 cm³/mol. The van der Waals surface area contributed by atoms with Gasteiger partial charge in [0.2, 0.25) is 11.9 Å². The monoisotopic (exact) mass is 438 g/mol. The molecule has 1 atom stereocenters. The fraction of sp³-hybridized carbons (Fsp3) is 0.542. The molecule has 3 heterocycles. The molecule has 4 rings (SSSR count). The Morgan fingerprint density at radius 3 is 2.72 bits per heavy atom. The van der Waals surface area contributed by atoms with Gasteiger partial charge in [-0.2, -0.15) is 0 Å². The van der Waals surface area contributed by atoms with Gasteiger partial charge >= 0.3 is 0 Å². The Hall–Kier alpha value is -2.87. The van der Waals surface area contributed by atoms with Crippen LogP contribution in [0.25, 0.3) is 22.3 Å². The predicted octanol–water partition coefficient (Wildman–Crippen LogP) is 3.17. The van der Waals surface area contributed by atoms with Gasteiger partial charge in [-0.05, 0) is 25.3 Å². The number of benzene rings is 1. The van der Waals surface area contributed by atoms with E-state index in [1.165, 1.54) is 0 Å². The van der Waals surface area contributed by atoms with E-state index in [4.69, 9.17) is 4.74 Å². The highest BCUT2D eigenvalue weighted by Crippen LogP contribution is 2.32. The fourth-order valence-electron chi connectivity index (χ4n) is 4.36. The normalized spacial score (nSPS) is 17.2. The van der Waals surface area contributed by atoms with Crippen molar-refractivity contribution in [3.05, 3.63) is 30.5 Å². The third-order valence-corrected chi connectivity index (χ3v) is 6.13. The third-order valence-electron chi connectivity index (χ3n) is 6.13. The molecule has 1 aliphatic heterocycles. The first-order valence-corrected chi connectivity index (χ1v) is 11.5. The molecule has 0 bridgehead atoms. The van der Waals surface area contributed by atoms with Crippen molar-refractivity contribution in [2.24, 2.45) is 13.0 Å². The maximum atomic E-state index is 12.6. The highest BCUT2D eigenvalue weighted by atomic mass is 16.5. The van der Waals surface area contributed by atoms with Gasteiger partial charge in [0, 0.05) is 69.6 Å². The number of anilines is 1. The quantitative estimate of drug-likeness (QED) is 0.506. The number of rotatable bonds is 8. The number of para-hydroxylation sites is 1. The number of nitrogens with zero attached hydrogens (tertiary/aromatic N) is 6. The molecule has 1 fully saturated rings. The van der Waals surface area contributed by atoms with Gasteiger partial charge in [0.15, 0.2) is 5.82 Å². The zero-order chi connectivity index (χ0) is 22.8. The van der Waals surface area contributed by atoms with Gasteiger partial charge in [-0.3, -0.25) is 9.36 Å². The van der Waals surface area contributed by atoms with Crippen LogP contribution in [0.5, 0.6) is 0 Å². The van der Waals surface area contributed by atoms with Gasteiger partial charge in [0.05, 0.1) is 0 Å². The van der Waals surface area contributed by atoms with Crippen molar-refractivity contribution < 1.29 is 9.53 Å². The van der Waals surface area contributed by atoms with Gasteiger partial charge in [-0.25, -0.2) is 0 Å². The number of fused-ring (bicyclic) bond motifs is 1. The second-order valence-electron chi connectivity index (χ2n) is 9.10. The summed E-state index contributed by atoms with van der Waals surface area (Å²) in [5, 5.41) is 10.4. The fourth-order valence-corrected chi connectivity index (χ4v) is 4.36. The Balaban J connectivity index is 1.69. The molecular formula is C24H34N6O2. The van der Waals surface area contributed by atoms with Gasteiger partial charge in [0.25, 0.3) is 0 Å². The van der Waals surface area contributed by atoms with E-state index >= 15 is 0 Å².